The molecule has 5 nitrogen and oxygen atoms in total. The Morgan fingerprint density at radius 2 is 2.21 bits per heavy atom. The Morgan fingerprint density at radius 1 is 1.53 bits per heavy atom. The van der Waals surface area contributed by atoms with Crippen molar-refractivity contribution in [2.75, 3.05) is 12.3 Å². The van der Waals surface area contributed by atoms with Crippen LogP contribution in [0.5, 0.6) is 5.75 Å². The van der Waals surface area contributed by atoms with Gasteiger partial charge in [-0.2, -0.15) is 0 Å². The molecule has 1 aliphatic rings. The molecule has 1 aromatic rings. The van der Waals surface area contributed by atoms with E-state index in [0.29, 0.717) is 5.75 Å². The first kappa shape index (κ1) is 14.1. The van der Waals surface area contributed by atoms with E-state index in [-0.39, 0.29) is 23.1 Å². The Morgan fingerprint density at radius 3 is 2.89 bits per heavy atom. The Balaban J connectivity index is 2.11. The van der Waals surface area contributed by atoms with Gasteiger partial charge < -0.3 is 10.1 Å². The van der Waals surface area contributed by atoms with Crippen molar-refractivity contribution in [1.29, 1.82) is 0 Å². The Labute approximate surface area is 116 Å². The van der Waals surface area contributed by atoms with Crippen molar-refractivity contribution < 1.29 is 17.9 Å². The maximum absolute atomic E-state index is 12.0. The third-order valence-corrected chi connectivity index (χ3v) is 4.76. The second-order valence-corrected chi connectivity index (χ2v) is 6.99. The third-order valence-electron chi connectivity index (χ3n) is 2.75. The number of carbonyl (C=O) groups is 1. The van der Waals surface area contributed by atoms with Crippen LogP contribution >= 0.6 is 11.6 Å². The predicted molar refractivity (Wildman–Crippen MR) is 71.2 cm³/mol. The number of carbonyl (C=O) groups excluding carboxylic acids is 1. The molecule has 2 atom stereocenters. The molecular weight excluding hydrogens is 290 g/mol. The smallest absolute Gasteiger partial charge is 0.237 e. The summed E-state index contributed by atoms with van der Waals surface area (Å²) in [6.07, 6.45) is -0.598. The van der Waals surface area contributed by atoms with Crippen molar-refractivity contribution in [2.45, 2.75) is 23.3 Å². The van der Waals surface area contributed by atoms with Crippen molar-refractivity contribution in [3.63, 3.8) is 0 Å². The molecule has 1 heterocycles. The maximum Gasteiger partial charge on any atom is 0.237 e. The lowest BCUT2D eigenvalue weighted by Gasteiger charge is -2.26. The lowest BCUT2D eigenvalue weighted by atomic mass is 10.3. The average molecular weight is 304 g/mol. The van der Waals surface area contributed by atoms with Crippen LogP contribution in [-0.2, 0) is 14.6 Å². The largest absolute Gasteiger partial charge is 0.486 e. The van der Waals surface area contributed by atoms with Crippen LogP contribution in [0.4, 0.5) is 0 Å². The normalized spacial score (nSPS) is 21.9. The zero-order chi connectivity index (χ0) is 14.0. The summed E-state index contributed by atoms with van der Waals surface area (Å²) in [6, 6.07) is 6.47. The Kier molecular flexibility index (Phi) is 4.01. The molecule has 1 N–H and O–H groups in total. The maximum atomic E-state index is 12.0. The van der Waals surface area contributed by atoms with Crippen molar-refractivity contribution in [3.05, 3.63) is 24.3 Å². The van der Waals surface area contributed by atoms with Crippen LogP contribution in [0, 0.1) is 0 Å². The number of rotatable bonds is 3. The number of hydrogen-bond donors (Lipinski definition) is 1. The van der Waals surface area contributed by atoms with E-state index in [1.165, 1.54) is 6.07 Å². The van der Waals surface area contributed by atoms with Crippen molar-refractivity contribution >= 4 is 27.3 Å². The SMILES string of the molecule is CC(Cl)C(=O)NCC1CS(=O)(=O)c2ccccc2O1. The summed E-state index contributed by atoms with van der Waals surface area (Å²) in [6.45, 7) is 1.66. The first-order valence-electron chi connectivity index (χ1n) is 5.80. The minimum Gasteiger partial charge on any atom is -0.486 e. The highest BCUT2D eigenvalue weighted by Gasteiger charge is 2.31. The number of fused-ring (bicyclic) bond motifs is 1. The zero-order valence-corrected chi connectivity index (χ0v) is 11.9. The van der Waals surface area contributed by atoms with Gasteiger partial charge in [-0.25, -0.2) is 8.42 Å². The fourth-order valence-corrected chi connectivity index (χ4v) is 3.45. The minimum absolute atomic E-state index is 0.115. The Hall–Kier alpha value is -1.27. The number of alkyl halides is 1. The molecule has 2 rings (SSSR count). The summed E-state index contributed by atoms with van der Waals surface area (Å²) in [5.74, 6) is -0.172. The number of amides is 1. The first-order chi connectivity index (χ1) is 8.90. The number of benzene rings is 1. The van der Waals surface area contributed by atoms with Gasteiger partial charge in [0.15, 0.2) is 9.84 Å². The monoisotopic (exact) mass is 303 g/mol. The second kappa shape index (κ2) is 5.38. The lowest BCUT2D eigenvalue weighted by Crippen LogP contribution is -2.43. The van der Waals surface area contributed by atoms with E-state index in [1.54, 1.807) is 25.1 Å². The van der Waals surface area contributed by atoms with Gasteiger partial charge in [-0.15, -0.1) is 11.6 Å². The van der Waals surface area contributed by atoms with Crippen LogP contribution < -0.4 is 10.1 Å². The topological polar surface area (TPSA) is 72.5 Å². The molecule has 0 spiro atoms. The lowest BCUT2D eigenvalue weighted by molar-refractivity contribution is -0.120. The number of halogens is 1. The third kappa shape index (κ3) is 3.19. The van der Waals surface area contributed by atoms with Crippen LogP contribution in [-0.4, -0.2) is 38.1 Å². The fraction of sp³-hybridized carbons (Fsp3) is 0.417. The molecule has 0 aliphatic carbocycles. The number of para-hydroxylation sites is 1. The van der Waals surface area contributed by atoms with Crippen molar-refractivity contribution in [2.24, 2.45) is 0 Å². The quantitative estimate of drug-likeness (QED) is 0.844. The summed E-state index contributed by atoms with van der Waals surface area (Å²) in [5, 5.41) is 1.90. The van der Waals surface area contributed by atoms with Crippen molar-refractivity contribution in [3.8, 4) is 5.75 Å². The highest BCUT2D eigenvalue weighted by atomic mass is 35.5. The van der Waals surface area contributed by atoms with Gasteiger partial charge in [0, 0.05) is 0 Å². The molecular formula is C12H14ClNO4S. The molecule has 1 aromatic carbocycles. The minimum atomic E-state index is -3.37. The summed E-state index contributed by atoms with van der Waals surface area (Å²) >= 11 is 5.61. The molecule has 2 unspecified atom stereocenters. The van der Waals surface area contributed by atoms with E-state index in [1.807, 2.05) is 0 Å². The standard InChI is InChI=1S/C12H14ClNO4S/c1-8(13)12(15)14-6-9-7-19(16,17)11-5-3-2-4-10(11)18-9/h2-5,8-9H,6-7H2,1H3,(H,14,15). The Bertz CT molecular complexity index is 585. The van der Waals surface area contributed by atoms with Gasteiger partial charge in [-0.1, -0.05) is 12.1 Å². The van der Waals surface area contributed by atoms with Crippen LogP contribution in [0.3, 0.4) is 0 Å². The van der Waals surface area contributed by atoms with Crippen LogP contribution in [0.25, 0.3) is 0 Å². The van der Waals surface area contributed by atoms with Gasteiger partial charge in [0.25, 0.3) is 0 Å². The molecule has 19 heavy (non-hydrogen) atoms. The molecule has 0 bridgehead atoms. The fourth-order valence-electron chi connectivity index (χ4n) is 1.81. The van der Waals surface area contributed by atoms with Crippen LogP contribution in [0.15, 0.2) is 29.2 Å². The van der Waals surface area contributed by atoms with E-state index >= 15 is 0 Å². The highest BCUT2D eigenvalue weighted by Crippen LogP contribution is 2.30. The molecule has 0 radical (unpaired) electrons. The summed E-state index contributed by atoms with van der Waals surface area (Å²) in [7, 11) is -3.37. The van der Waals surface area contributed by atoms with Gasteiger partial charge in [0.2, 0.25) is 5.91 Å². The molecule has 0 aromatic heterocycles. The van der Waals surface area contributed by atoms with E-state index in [9.17, 15) is 13.2 Å². The molecule has 0 saturated carbocycles. The number of sulfone groups is 1. The second-order valence-electron chi connectivity index (χ2n) is 4.33. The van der Waals surface area contributed by atoms with Crippen LogP contribution in [0.2, 0.25) is 0 Å². The molecule has 7 heteroatoms. The van der Waals surface area contributed by atoms with E-state index < -0.39 is 21.3 Å². The van der Waals surface area contributed by atoms with Gasteiger partial charge in [-0.3, -0.25) is 4.79 Å². The van der Waals surface area contributed by atoms with Gasteiger partial charge in [0.05, 0.1) is 12.3 Å². The molecule has 0 saturated heterocycles. The zero-order valence-electron chi connectivity index (χ0n) is 10.3. The number of ether oxygens (including phenoxy) is 1. The average Bonchev–Trinajstić information content (AvgIpc) is 2.35. The van der Waals surface area contributed by atoms with Gasteiger partial charge in [-0.05, 0) is 19.1 Å². The highest BCUT2D eigenvalue weighted by molar-refractivity contribution is 7.91. The first-order valence-corrected chi connectivity index (χ1v) is 7.89. The molecule has 1 amide bonds. The van der Waals surface area contributed by atoms with Gasteiger partial charge in [0.1, 0.15) is 22.1 Å². The predicted octanol–water partition coefficient (Wildman–Crippen LogP) is 0.965. The van der Waals surface area contributed by atoms with Gasteiger partial charge >= 0.3 is 0 Å². The summed E-state index contributed by atoms with van der Waals surface area (Å²) in [4.78, 5) is 11.5. The van der Waals surface area contributed by atoms with E-state index in [2.05, 4.69) is 5.32 Å². The molecule has 104 valence electrons. The van der Waals surface area contributed by atoms with Crippen molar-refractivity contribution in [1.82, 2.24) is 5.32 Å². The molecule has 1 aliphatic heterocycles. The number of hydrogen-bond acceptors (Lipinski definition) is 4. The van der Waals surface area contributed by atoms with E-state index in [0.717, 1.165) is 0 Å². The van der Waals surface area contributed by atoms with E-state index in [4.69, 9.17) is 16.3 Å². The molecule has 0 fully saturated rings. The summed E-state index contributed by atoms with van der Waals surface area (Å²) in [5.41, 5.74) is 0. The number of nitrogens with one attached hydrogen (secondary N) is 1. The van der Waals surface area contributed by atoms with Crippen LogP contribution in [0.1, 0.15) is 6.92 Å². The summed E-state index contributed by atoms with van der Waals surface area (Å²) < 4.78 is 29.6.